The molecule has 0 radical (unpaired) electrons. The number of carbonyl (C=O) groups is 3. The molecule has 0 aliphatic carbocycles. The van der Waals surface area contributed by atoms with Crippen molar-refractivity contribution in [2.45, 2.75) is 71.4 Å². The second-order valence-electron chi connectivity index (χ2n) is 8.23. The molecule has 1 aliphatic heterocycles. The number of carbonyl (C=O) groups excluding carboxylic acids is 2. The van der Waals surface area contributed by atoms with Crippen molar-refractivity contribution in [1.82, 2.24) is 10.2 Å². The fourth-order valence-electron chi connectivity index (χ4n) is 3.45. The van der Waals surface area contributed by atoms with Gasteiger partial charge < -0.3 is 20.6 Å². The maximum Gasteiger partial charge on any atom is 0.319 e. The van der Waals surface area contributed by atoms with Crippen LogP contribution in [0.2, 0.25) is 0 Å². The normalized spacial score (nSPS) is 17.1. The Bertz CT molecular complexity index is 745. The van der Waals surface area contributed by atoms with Gasteiger partial charge in [0.1, 0.15) is 0 Å². The average Bonchev–Trinajstić information content (AvgIpc) is 2.61. The maximum absolute atomic E-state index is 12.8. The predicted molar refractivity (Wildman–Crippen MR) is 109 cm³/mol. The summed E-state index contributed by atoms with van der Waals surface area (Å²) in [7, 11) is 0. The molecule has 1 aliphatic rings. The molecule has 1 saturated heterocycles. The number of likely N-dealkylation sites (tertiary alicyclic amines) is 1. The van der Waals surface area contributed by atoms with Gasteiger partial charge in [-0.15, -0.1) is 0 Å². The van der Waals surface area contributed by atoms with E-state index in [0.29, 0.717) is 17.7 Å². The van der Waals surface area contributed by atoms with E-state index in [2.05, 4.69) is 17.6 Å². The lowest BCUT2D eigenvalue weighted by Crippen LogP contribution is -2.45. The number of nitrogens with zero attached hydrogens (tertiary/aromatic N) is 1. The van der Waals surface area contributed by atoms with Crippen LogP contribution in [0, 0.1) is 6.92 Å². The molecule has 2 rings (SSSR count). The van der Waals surface area contributed by atoms with Crippen molar-refractivity contribution < 1.29 is 19.5 Å². The zero-order valence-corrected chi connectivity index (χ0v) is 17.2. The summed E-state index contributed by atoms with van der Waals surface area (Å²) in [5.74, 6) is -0.865. The summed E-state index contributed by atoms with van der Waals surface area (Å²) in [6, 6.07) is 5.12. The number of anilines is 1. The highest BCUT2D eigenvalue weighted by Crippen LogP contribution is 2.22. The summed E-state index contributed by atoms with van der Waals surface area (Å²) in [6.45, 7) is 8.28. The number of amides is 3. The molecule has 1 aromatic rings. The van der Waals surface area contributed by atoms with Crippen LogP contribution >= 0.6 is 0 Å². The molecule has 3 amide bonds. The first-order valence-corrected chi connectivity index (χ1v) is 9.81. The van der Waals surface area contributed by atoms with E-state index >= 15 is 0 Å². The van der Waals surface area contributed by atoms with E-state index in [-0.39, 0.29) is 18.4 Å². The molecule has 0 bridgehead atoms. The molecule has 1 atom stereocenters. The molecule has 1 unspecified atom stereocenters. The Morgan fingerprint density at radius 3 is 2.57 bits per heavy atom. The number of rotatable bonds is 6. The first-order chi connectivity index (χ1) is 13.1. The molecule has 3 N–H and O–H groups in total. The van der Waals surface area contributed by atoms with Crippen molar-refractivity contribution in [3.05, 3.63) is 29.3 Å². The Balaban J connectivity index is 2.01. The number of carboxylic acid groups (broad SMARTS) is 1. The van der Waals surface area contributed by atoms with Gasteiger partial charge in [-0.05, 0) is 77.1 Å². The summed E-state index contributed by atoms with van der Waals surface area (Å²) in [4.78, 5) is 37.7. The van der Waals surface area contributed by atoms with Crippen LogP contribution in [-0.4, -0.2) is 46.0 Å². The Morgan fingerprint density at radius 1 is 1.25 bits per heavy atom. The summed E-state index contributed by atoms with van der Waals surface area (Å²) in [6.07, 6.45) is 3.54. The lowest BCUT2D eigenvalue weighted by molar-refractivity contribution is -0.137. The van der Waals surface area contributed by atoms with E-state index in [1.807, 2.05) is 11.8 Å². The fourth-order valence-corrected chi connectivity index (χ4v) is 3.45. The molecule has 0 aromatic heterocycles. The van der Waals surface area contributed by atoms with E-state index in [1.54, 1.807) is 32.0 Å². The Kier molecular flexibility index (Phi) is 7.05. The SMILES string of the molecule is Cc1cc(C(=O)N2CCCCC2C)ccc1NC(=O)NC(C)(C)CCC(=O)O. The van der Waals surface area contributed by atoms with Crippen molar-refractivity contribution in [2.75, 3.05) is 11.9 Å². The van der Waals surface area contributed by atoms with Gasteiger partial charge in [-0.2, -0.15) is 0 Å². The zero-order chi connectivity index (χ0) is 20.9. The van der Waals surface area contributed by atoms with Crippen LogP contribution in [-0.2, 0) is 4.79 Å². The number of urea groups is 1. The summed E-state index contributed by atoms with van der Waals surface area (Å²) in [5, 5.41) is 14.4. The van der Waals surface area contributed by atoms with Crippen molar-refractivity contribution >= 4 is 23.6 Å². The first kappa shape index (κ1) is 21.7. The van der Waals surface area contributed by atoms with Gasteiger partial charge in [-0.3, -0.25) is 9.59 Å². The highest BCUT2D eigenvalue weighted by Gasteiger charge is 2.25. The van der Waals surface area contributed by atoms with E-state index in [9.17, 15) is 14.4 Å². The summed E-state index contributed by atoms with van der Waals surface area (Å²) >= 11 is 0. The third-order valence-corrected chi connectivity index (χ3v) is 5.20. The van der Waals surface area contributed by atoms with Crippen LogP contribution in [0.1, 0.15) is 68.8 Å². The monoisotopic (exact) mass is 389 g/mol. The van der Waals surface area contributed by atoms with Crippen LogP contribution in [0.15, 0.2) is 18.2 Å². The summed E-state index contributed by atoms with van der Waals surface area (Å²) < 4.78 is 0. The van der Waals surface area contributed by atoms with Gasteiger partial charge in [0, 0.05) is 35.8 Å². The molecule has 0 saturated carbocycles. The predicted octanol–water partition coefficient (Wildman–Crippen LogP) is 3.77. The van der Waals surface area contributed by atoms with Crippen molar-refractivity contribution in [2.24, 2.45) is 0 Å². The molecule has 7 heteroatoms. The van der Waals surface area contributed by atoms with Gasteiger partial charge in [0.25, 0.3) is 5.91 Å². The van der Waals surface area contributed by atoms with E-state index in [0.717, 1.165) is 31.4 Å². The first-order valence-electron chi connectivity index (χ1n) is 9.81. The smallest absolute Gasteiger partial charge is 0.319 e. The molecule has 154 valence electrons. The lowest BCUT2D eigenvalue weighted by atomic mass is 9.99. The van der Waals surface area contributed by atoms with Crippen LogP contribution in [0.4, 0.5) is 10.5 Å². The third-order valence-electron chi connectivity index (χ3n) is 5.20. The molecule has 1 heterocycles. The van der Waals surface area contributed by atoms with Crippen molar-refractivity contribution in [3.8, 4) is 0 Å². The van der Waals surface area contributed by atoms with E-state index < -0.39 is 17.5 Å². The number of aliphatic carboxylic acids is 1. The second kappa shape index (κ2) is 9.08. The minimum absolute atomic E-state index is 0.0158. The van der Waals surface area contributed by atoms with Crippen LogP contribution in [0.5, 0.6) is 0 Å². The average molecular weight is 389 g/mol. The van der Waals surface area contributed by atoms with Gasteiger partial charge in [0.2, 0.25) is 0 Å². The standard InChI is InChI=1S/C21H31N3O4/c1-14-13-16(19(27)24-12-6-5-7-15(24)2)8-9-17(14)22-20(28)23-21(3,4)11-10-18(25)26/h8-9,13,15H,5-7,10-12H2,1-4H3,(H,25,26)(H2,22,23,28). The van der Waals surface area contributed by atoms with E-state index in [4.69, 9.17) is 5.11 Å². The number of nitrogens with one attached hydrogen (secondary N) is 2. The fraction of sp³-hybridized carbons (Fsp3) is 0.571. The topological polar surface area (TPSA) is 98.7 Å². The third kappa shape index (κ3) is 5.97. The quantitative estimate of drug-likeness (QED) is 0.689. The molecule has 1 aromatic carbocycles. The highest BCUT2D eigenvalue weighted by atomic mass is 16.4. The lowest BCUT2D eigenvalue weighted by Gasteiger charge is -2.33. The molecule has 28 heavy (non-hydrogen) atoms. The van der Waals surface area contributed by atoms with Gasteiger partial charge in [-0.25, -0.2) is 4.79 Å². The number of hydrogen-bond acceptors (Lipinski definition) is 3. The molecular formula is C21H31N3O4. The molecular weight excluding hydrogens is 358 g/mol. The maximum atomic E-state index is 12.8. The Morgan fingerprint density at radius 2 is 1.96 bits per heavy atom. The second-order valence-corrected chi connectivity index (χ2v) is 8.23. The largest absolute Gasteiger partial charge is 0.481 e. The molecule has 0 spiro atoms. The zero-order valence-electron chi connectivity index (χ0n) is 17.2. The van der Waals surface area contributed by atoms with Crippen molar-refractivity contribution in [3.63, 3.8) is 0 Å². The number of aryl methyl sites for hydroxylation is 1. The van der Waals surface area contributed by atoms with Crippen LogP contribution in [0.3, 0.4) is 0 Å². The number of piperidine rings is 1. The minimum atomic E-state index is -0.894. The van der Waals surface area contributed by atoms with Crippen molar-refractivity contribution in [1.29, 1.82) is 0 Å². The van der Waals surface area contributed by atoms with Gasteiger partial charge in [0.05, 0.1) is 0 Å². The van der Waals surface area contributed by atoms with Gasteiger partial charge in [0.15, 0.2) is 0 Å². The number of hydrogen-bond donors (Lipinski definition) is 3. The Labute approximate surface area is 166 Å². The Hall–Kier alpha value is -2.57. The minimum Gasteiger partial charge on any atom is -0.481 e. The number of benzene rings is 1. The van der Waals surface area contributed by atoms with E-state index in [1.165, 1.54) is 0 Å². The molecule has 7 nitrogen and oxygen atoms in total. The summed E-state index contributed by atoms with van der Waals surface area (Å²) in [5.41, 5.74) is 1.40. The molecule has 1 fully saturated rings. The van der Waals surface area contributed by atoms with Gasteiger partial charge >= 0.3 is 12.0 Å². The highest BCUT2D eigenvalue weighted by molar-refractivity contribution is 5.96. The number of carboxylic acids is 1. The van der Waals surface area contributed by atoms with Gasteiger partial charge in [-0.1, -0.05) is 0 Å². The van der Waals surface area contributed by atoms with Crippen LogP contribution in [0.25, 0.3) is 0 Å². The van der Waals surface area contributed by atoms with Crippen LogP contribution < -0.4 is 10.6 Å².